The molecule has 0 saturated carbocycles. The van der Waals surface area contributed by atoms with Crippen molar-refractivity contribution in [3.8, 4) is 0 Å². The second-order valence-corrected chi connectivity index (χ2v) is 4.34. The van der Waals surface area contributed by atoms with Gasteiger partial charge in [0.2, 0.25) is 0 Å². The number of non-ortho nitro benzene ring substituents is 1. The Bertz CT molecular complexity index is 529. The van der Waals surface area contributed by atoms with Crippen LogP contribution in [0.3, 0.4) is 0 Å². The zero-order valence-electron chi connectivity index (χ0n) is 11.0. The Hall–Kier alpha value is -1.72. The first-order chi connectivity index (χ1) is 9.25. The first kappa shape index (κ1) is 16.3. The molecule has 0 spiro atoms. The van der Waals surface area contributed by atoms with Crippen LogP contribution in [0.4, 0.5) is 5.69 Å². The lowest BCUT2D eigenvalue weighted by Crippen LogP contribution is -2.16. The van der Waals surface area contributed by atoms with Crippen molar-refractivity contribution in [1.82, 2.24) is 5.32 Å². The van der Waals surface area contributed by atoms with Gasteiger partial charge in [-0.25, -0.2) is 0 Å². The van der Waals surface area contributed by atoms with Crippen LogP contribution >= 0.6 is 17.0 Å². The van der Waals surface area contributed by atoms with Crippen molar-refractivity contribution in [3.63, 3.8) is 0 Å². The molecule has 0 unspecified atom stereocenters. The van der Waals surface area contributed by atoms with Crippen LogP contribution in [0.1, 0.15) is 11.1 Å². The Morgan fingerprint density at radius 2 is 1.60 bits per heavy atom. The first-order valence-electron chi connectivity index (χ1n) is 6.24. The molecule has 2 aromatic rings. The lowest BCUT2D eigenvalue weighted by molar-refractivity contribution is -0.384. The second kappa shape index (κ2) is 8.45. The quantitative estimate of drug-likeness (QED) is 0.499. The maximum absolute atomic E-state index is 10.5. The van der Waals surface area contributed by atoms with Gasteiger partial charge in [-0.2, -0.15) is 0 Å². The van der Waals surface area contributed by atoms with E-state index >= 15 is 0 Å². The molecule has 2 aromatic carbocycles. The number of nitrogens with zero attached hydrogens (tertiary/aromatic N) is 1. The van der Waals surface area contributed by atoms with Crippen LogP contribution in [0.2, 0.25) is 0 Å². The highest BCUT2D eigenvalue weighted by molar-refractivity contribution is 8.93. The molecule has 2 rings (SSSR count). The fourth-order valence-corrected chi connectivity index (χ4v) is 1.85. The monoisotopic (exact) mass is 336 g/mol. The van der Waals surface area contributed by atoms with Crippen LogP contribution in [0.25, 0.3) is 0 Å². The van der Waals surface area contributed by atoms with E-state index in [1.807, 2.05) is 18.2 Å². The molecule has 0 heterocycles. The van der Waals surface area contributed by atoms with Crippen LogP contribution in [0.5, 0.6) is 0 Å². The average molecular weight is 337 g/mol. The highest BCUT2D eigenvalue weighted by Crippen LogP contribution is 2.11. The van der Waals surface area contributed by atoms with Crippen molar-refractivity contribution in [2.45, 2.75) is 13.0 Å². The smallest absolute Gasteiger partial charge is 0.269 e. The zero-order valence-corrected chi connectivity index (χ0v) is 12.7. The second-order valence-electron chi connectivity index (χ2n) is 4.34. The van der Waals surface area contributed by atoms with E-state index < -0.39 is 0 Å². The van der Waals surface area contributed by atoms with Crippen LogP contribution < -0.4 is 5.32 Å². The molecule has 0 aromatic heterocycles. The minimum atomic E-state index is -0.382. The molecule has 0 amide bonds. The fourth-order valence-electron chi connectivity index (χ4n) is 1.85. The van der Waals surface area contributed by atoms with Gasteiger partial charge in [0.05, 0.1) is 4.92 Å². The predicted octanol–water partition coefficient (Wildman–Crippen LogP) is 3.51. The number of rotatable bonds is 6. The van der Waals surface area contributed by atoms with Gasteiger partial charge in [-0.3, -0.25) is 10.1 Å². The lowest BCUT2D eigenvalue weighted by Gasteiger charge is -2.05. The van der Waals surface area contributed by atoms with Gasteiger partial charge in [0, 0.05) is 18.7 Å². The van der Waals surface area contributed by atoms with E-state index in [1.54, 1.807) is 12.1 Å². The molecule has 106 valence electrons. The van der Waals surface area contributed by atoms with Gasteiger partial charge in [-0.1, -0.05) is 42.5 Å². The summed E-state index contributed by atoms with van der Waals surface area (Å²) >= 11 is 0. The van der Waals surface area contributed by atoms with E-state index in [4.69, 9.17) is 0 Å². The highest BCUT2D eigenvalue weighted by atomic mass is 79.9. The summed E-state index contributed by atoms with van der Waals surface area (Å²) in [6.07, 6.45) is 0.980. The van der Waals surface area contributed by atoms with E-state index in [0.29, 0.717) is 0 Å². The summed E-state index contributed by atoms with van der Waals surface area (Å²) in [4.78, 5) is 10.1. The molecule has 0 atom stereocenters. The fraction of sp³-hybridized carbons (Fsp3) is 0.200. The summed E-state index contributed by atoms with van der Waals surface area (Å²) in [6.45, 7) is 1.62. The molecule has 0 bridgehead atoms. The van der Waals surface area contributed by atoms with E-state index in [2.05, 4.69) is 17.4 Å². The molecule has 4 nitrogen and oxygen atoms in total. The number of hydrogen-bond acceptors (Lipinski definition) is 3. The third kappa shape index (κ3) is 5.11. The molecule has 0 fully saturated rings. The Morgan fingerprint density at radius 1 is 0.950 bits per heavy atom. The number of nitro benzene ring substituents is 1. The summed E-state index contributed by atoms with van der Waals surface area (Å²) in [6, 6.07) is 16.9. The molecule has 20 heavy (non-hydrogen) atoms. The van der Waals surface area contributed by atoms with E-state index in [9.17, 15) is 10.1 Å². The Morgan fingerprint density at radius 3 is 2.20 bits per heavy atom. The van der Waals surface area contributed by atoms with Gasteiger partial charge in [-0.05, 0) is 24.1 Å². The van der Waals surface area contributed by atoms with Gasteiger partial charge in [0.25, 0.3) is 5.69 Å². The van der Waals surface area contributed by atoms with Gasteiger partial charge in [0.1, 0.15) is 0 Å². The van der Waals surface area contributed by atoms with Crippen molar-refractivity contribution in [2.75, 3.05) is 6.54 Å². The van der Waals surface area contributed by atoms with Crippen LogP contribution in [0, 0.1) is 10.1 Å². The maximum Gasteiger partial charge on any atom is 0.269 e. The SMILES string of the molecule is Br.O=[N+]([O-])c1ccc(CNCCc2ccccc2)cc1. The molecule has 0 aliphatic carbocycles. The summed E-state index contributed by atoms with van der Waals surface area (Å²) < 4.78 is 0. The minimum Gasteiger partial charge on any atom is -0.312 e. The third-order valence-electron chi connectivity index (χ3n) is 2.91. The Labute approximate surface area is 128 Å². The normalized spacial score (nSPS) is 9.80. The summed E-state index contributed by atoms with van der Waals surface area (Å²) in [5.74, 6) is 0. The number of halogens is 1. The van der Waals surface area contributed by atoms with Crippen LogP contribution in [0.15, 0.2) is 54.6 Å². The number of nitrogens with one attached hydrogen (secondary N) is 1. The van der Waals surface area contributed by atoms with Gasteiger partial charge >= 0.3 is 0 Å². The van der Waals surface area contributed by atoms with Crippen LogP contribution in [-0.4, -0.2) is 11.5 Å². The number of nitro groups is 1. The van der Waals surface area contributed by atoms with E-state index in [0.717, 1.165) is 25.1 Å². The van der Waals surface area contributed by atoms with Crippen molar-refractivity contribution >= 4 is 22.7 Å². The zero-order chi connectivity index (χ0) is 13.5. The van der Waals surface area contributed by atoms with Gasteiger partial charge in [0.15, 0.2) is 0 Å². The first-order valence-corrected chi connectivity index (χ1v) is 6.24. The van der Waals surface area contributed by atoms with Crippen molar-refractivity contribution < 1.29 is 4.92 Å². The predicted molar refractivity (Wildman–Crippen MR) is 85.3 cm³/mol. The largest absolute Gasteiger partial charge is 0.312 e. The summed E-state index contributed by atoms with van der Waals surface area (Å²) in [7, 11) is 0. The molecule has 0 radical (unpaired) electrons. The van der Waals surface area contributed by atoms with Gasteiger partial charge < -0.3 is 5.32 Å². The lowest BCUT2D eigenvalue weighted by atomic mass is 10.1. The highest BCUT2D eigenvalue weighted by Gasteiger charge is 2.03. The minimum absolute atomic E-state index is 0. The molecular formula is C15H17BrN2O2. The van der Waals surface area contributed by atoms with Gasteiger partial charge in [-0.15, -0.1) is 17.0 Å². The molecule has 0 aliphatic heterocycles. The van der Waals surface area contributed by atoms with E-state index in [-0.39, 0.29) is 27.6 Å². The Kier molecular flexibility index (Phi) is 6.90. The average Bonchev–Trinajstić information content (AvgIpc) is 2.45. The van der Waals surface area contributed by atoms with Crippen molar-refractivity contribution in [2.24, 2.45) is 0 Å². The third-order valence-corrected chi connectivity index (χ3v) is 2.91. The molecule has 5 heteroatoms. The maximum atomic E-state index is 10.5. The molecule has 0 aliphatic rings. The molecule has 1 N–H and O–H groups in total. The summed E-state index contributed by atoms with van der Waals surface area (Å²) in [5, 5.41) is 13.8. The summed E-state index contributed by atoms with van der Waals surface area (Å²) in [5.41, 5.74) is 2.49. The number of hydrogen-bond donors (Lipinski definition) is 1. The van der Waals surface area contributed by atoms with Crippen molar-refractivity contribution in [1.29, 1.82) is 0 Å². The van der Waals surface area contributed by atoms with Crippen LogP contribution in [-0.2, 0) is 13.0 Å². The molecular weight excluding hydrogens is 320 g/mol. The van der Waals surface area contributed by atoms with E-state index in [1.165, 1.54) is 17.7 Å². The van der Waals surface area contributed by atoms with Crippen molar-refractivity contribution in [3.05, 3.63) is 75.8 Å². The standard InChI is InChI=1S/C15H16N2O2.BrH/c18-17(19)15-8-6-14(7-9-15)12-16-11-10-13-4-2-1-3-5-13;/h1-9,16H,10-12H2;1H. The topological polar surface area (TPSA) is 55.2 Å². The Balaban J connectivity index is 0.00000200. The molecule has 0 saturated heterocycles. The number of benzene rings is 2.